The summed E-state index contributed by atoms with van der Waals surface area (Å²) in [5.41, 5.74) is 1.57. The molecule has 0 heterocycles. The van der Waals surface area contributed by atoms with Gasteiger partial charge in [-0.15, -0.1) is 11.6 Å². The largest absolute Gasteiger partial charge is 0.393 e. The first-order valence-electron chi connectivity index (χ1n) is 3.72. The van der Waals surface area contributed by atoms with Crippen LogP contribution in [0.1, 0.15) is 17.2 Å². The van der Waals surface area contributed by atoms with Crippen molar-refractivity contribution in [1.82, 2.24) is 0 Å². The zero-order chi connectivity index (χ0) is 8.97. The number of benzene rings is 1. The summed E-state index contributed by atoms with van der Waals surface area (Å²) < 4.78 is 0. The molecule has 0 aromatic heterocycles. The van der Waals surface area contributed by atoms with Crippen molar-refractivity contribution in [1.29, 1.82) is 0 Å². The third-order valence-electron chi connectivity index (χ3n) is 1.73. The normalized spacial score (nSPS) is 12.9. The van der Waals surface area contributed by atoms with Crippen molar-refractivity contribution in [2.24, 2.45) is 0 Å². The lowest BCUT2D eigenvalue weighted by Gasteiger charge is -2.10. The highest BCUT2D eigenvalue weighted by Crippen LogP contribution is 2.18. The molecule has 0 amide bonds. The lowest BCUT2D eigenvalue weighted by atomic mass is 10.0. The van der Waals surface area contributed by atoms with E-state index >= 15 is 0 Å². The Morgan fingerprint density at radius 2 is 2.00 bits per heavy atom. The van der Waals surface area contributed by atoms with E-state index in [1.807, 2.05) is 18.2 Å². The molecule has 0 saturated carbocycles. The van der Waals surface area contributed by atoms with Gasteiger partial charge in [0.15, 0.2) is 0 Å². The quantitative estimate of drug-likeness (QED) is 0.702. The molecule has 0 aliphatic rings. The third kappa shape index (κ3) is 1.97. The minimum absolute atomic E-state index is 0.270. The van der Waals surface area contributed by atoms with E-state index in [1.165, 1.54) is 0 Å². The Morgan fingerprint density at radius 3 is 2.58 bits per heavy atom. The molecule has 0 saturated heterocycles. The predicted molar refractivity (Wildman–Crippen MR) is 48.0 cm³/mol. The number of aliphatic hydroxyl groups excluding tert-OH is 2. The lowest BCUT2D eigenvalue weighted by molar-refractivity contribution is 0.0950. The molecule has 2 nitrogen and oxygen atoms in total. The molecule has 1 rings (SSSR count). The molecule has 0 aliphatic heterocycles. The van der Waals surface area contributed by atoms with Crippen molar-refractivity contribution in [3.05, 3.63) is 35.4 Å². The molecule has 12 heavy (non-hydrogen) atoms. The van der Waals surface area contributed by atoms with Crippen molar-refractivity contribution in [3.8, 4) is 0 Å². The second-order valence-electron chi connectivity index (χ2n) is 2.53. The van der Waals surface area contributed by atoms with E-state index in [-0.39, 0.29) is 6.61 Å². The van der Waals surface area contributed by atoms with Gasteiger partial charge < -0.3 is 10.2 Å². The van der Waals surface area contributed by atoms with Crippen LogP contribution in [0.5, 0.6) is 0 Å². The smallest absolute Gasteiger partial charge is 0.102 e. The zero-order valence-electron chi connectivity index (χ0n) is 6.57. The molecule has 1 atom stereocenters. The summed E-state index contributed by atoms with van der Waals surface area (Å²) in [5, 5.41) is 18.0. The van der Waals surface area contributed by atoms with Crippen molar-refractivity contribution in [3.63, 3.8) is 0 Å². The molecule has 1 aromatic rings. The summed E-state index contributed by atoms with van der Waals surface area (Å²) in [6, 6.07) is 7.26. The molecule has 0 fully saturated rings. The molecule has 0 radical (unpaired) electrons. The second kappa shape index (κ2) is 4.45. The fourth-order valence-electron chi connectivity index (χ4n) is 1.08. The molecular weight excluding hydrogens is 176 g/mol. The van der Waals surface area contributed by atoms with Gasteiger partial charge in [0.1, 0.15) is 6.10 Å². The number of aliphatic hydroxyl groups is 2. The van der Waals surface area contributed by atoms with Crippen LogP contribution in [-0.2, 0) is 5.88 Å². The average Bonchev–Trinajstić information content (AvgIpc) is 2.16. The standard InChI is InChI=1S/C9H11ClO2/c10-5-7-3-1-2-4-8(7)9(12)6-11/h1-4,9,11-12H,5-6H2. The van der Waals surface area contributed by atoms with Crippen LogP contribution in [0.4, 0.5) is 0 Å². The van der Waals surface area contributed by atoms with E-state index in [0.29, 0.717) is 11.4 Å². The maximum atomic E-state index is 9.33. The maximum absolute atomic E-state index is 9.33. The molecule has 1 unspecified atom stereocenters. The molecule has 0 spiro atoms. The Morgan fingerprint density at radius 1 is 1.33 bits per heavy atom. The SMILES string of the molecule is OCC(O)c1ccccc1CCl. The molecular formula is C9H11ClO2. The number of hydrogen-bond acceptors (Lipinski definition) is 2. The van der Waals surface area contributed by atoms with Gasteiger partial charge in [0.2, 0.25) is 0 Å². The Bertz CT molecular complexity index is 250. The lowest BCUT2D eigenvalue weighted by Crippen LogP contribution is -2.04. The van der Waals surface area contributed by atoms with E-state index in [2.05, 4.69) is 0 Å². The van der Waals surface area contributed by atoms with Gasteiger partial charge in [-0.2, -0.15) is 0 Å². The summed E-state index contributed by atoms with van der Waals surface area (Å²) >= 11 is 5.64. The number of rotatable bonds is 3. The van der Waals surface area contributed by atoms with Crippen LogP contribution in [0.15, 0.2) is 24.3 Å². The summed E-state index contributed by atoms with van der Waals surface area (Å²) in [6.07, 6.45) is -0.819. The van der Waals surface area contributed by atoms with Gasteiger partial charge >= 0.3 is 0 Å². The van der Waals surface area contributed by atoms with E-state index in [9.17, 15) is 5.11 Å². The van der Waals surface area contributed by atoms with Gasteiger partial charge in [0.05, 0.1) is 6.61 Å². The maximum Gasteiger partial charge on any atom is 0.102 e. The van der Waals surface area contributed by atoms with Gasteiger partial charge in [-0.3, -0.25) is 0 Å². The average molecular weight is 187 g/mol. The topological polar surface area (TPSA) is 40.5 Å². The first kappa shape index (κ1) is 9.52. The van der Waals surface area contributed by atoms with Crippen LogP contribution in [-0.4, -0.2) is 16.8 Å². The third-order valence-corrected chi connectivity index (χ3v) is 2.02. The minimum atomic E-state index is -0.819. The Hall–Kier alpha value is -0.570. The van der Waals surface area contributed by atoms with Crippen LogP contribution in [0.3, 0.4) is 0 Å². The zero-order valence-corrected chi connectivity index (χ0v) is 7.33. The Kier molecular flexibility index (Phi) is 3.53. The number of alkyl halides is 1. The highest BCUT2D eigenvalue weighted by Gasteiger charge is 2.08. The predicted octanol–water partition coefficient (Wildman–Crippen LogP) is 1.45. The summed E-state index contributed by atoms with van der Waals surface area (Å²) in [5.74, 6) is 0.354. The van der Waals surface area contributed by atoms with E-state index < -0.39 is 6.10 Å². The van der Waals surface area contributed by atoms with Gasteiger partial charge in [0.25, 0.3) is 0 Å². The van der Waals surface area contributed by atoms with Crippen LogP contribution >= 0.6 is 11.6 Å². The highest BCUT2D eigenvalue weighted by molar-refractivity contribution is 6.17. The van der Waals surface area contributed by atoms with Gasteiger partial charge in [0, 0.05) is 5.88 Å². The van der Waals surface area contributed by atoms with Crippen molar-refractivity contribution >= 4 is 11.6 Å². The molecule has 3 heteroatoms. The van der Waals surface area contributed by atoms with E-state index in [1.54, 1.807) is 6.07 Å². The van der Waals surface area contributed by atoms with E-state index in [0.717, 1.165) is 5.56 Å². The molecule has 2 N–H and O–H groups in total. The minimum Gasteiger partial charge on any atom is -0.393 e. The number of hydrogen-bond donors (Lipinski definition) is 2. The van der Waals surface area contributed by atoms with Crippen LogP contribution in [0.25, 0.3) is 0 Å². The fraction of sp³-hybridized carbons (Fsp3) is 0.333. The second-order valence-corrected chi connectivity index (χ2v) is 2.80. The molecule has 1 aromatic carbocycles. The van der Waals surface area contributed by atoms with Crippen molar-refractivity contribution < 1.29 is 10.2 Å². The highest BCUT2D eigenvalue weighted by atomic mass is 35.5. The fourth-order valence-corrected chi connectivity index (χ4v) is 1.32. The Balaban J connectivity index is 2.96. The van der Waals surface area contributed by atoms with Gasteiger partial charge in [-0.25, -0.2) is 0 Å². The Labute approximate surface area is 76.4 Å². The molecule has 66 valence electrons. The van der Waals surface area contributed by atoms with Crippen molar-refractivity contribution in [2.45, 2.75) is 12.0 Å². The van der Waals surface area contributed by atoms with Gasteiger partial charge in [-0.1, -0.05) is 24.3 Å². The summed E-state index contributed by atoms with van der Waals surface area (Å²) in [7, 11) is 0. The molecule has 0 aliphatic carbocycles. The van der Waals surface area contributed by atoms with Crippen molar-refractivity contribution in [2.75, 3.05) is 6.61 Å². The van der Waals surface area contributed by atoms with Gasteiger partial charge in [-0.05, 0) is 11.1 Å². The number of halogens is 1. The molecule has 0 bridgehead atoms. The summed E-state index contributed by atoms with van der Waals surface area (Å²) in [4.78, 5) is 0. The first-order chi connectivity index (χ1) is 5.79. The van der Waals surface area contributed by atoms with Crippen LogP contribution in [0.2, 0.25) is 0 Å². The van der Waals surface area contributed by atoms with Crippen LogP contribution in [0, 0.1) is 0 Å². The monoisotopic (exact) mass is 186 g/mol. The van der Waals surface area contributed by atoms with E-state index in [4.69, 9.17) is 16.7 Å². The first-order valence-corrected chi connectivity index (χ1v) is 4.25. The van der Waals surface area contributed by atoms with Crippen LogP contribution < -0.4 is 0 Å². The summed E-state index contributed by atoms with van der Waals surface area (Å²) in [6.45, 7) is -0.270.